The molecule has 2 unspecified atom stereocenters. The van der Waals surface area contributed by atoms with E-state index in [1.807, 2.05) is 65.3 Å². The Balaban J connectivity index is 1.46. The van der Waals surface area contributed by atoms with E-state index in [0.717, 1.165) is 49.4 Å². The number of nitrogens with zero attached hydrogens (tertiary/aromatic N) is 4. The summed E-state index contributed by atoms with van der Waals surface area (Å²) in [6.07, 6.45) is 4.22. The van der Waals surface area contributed by atoms with Gasteiger partial charge in [-0.2, -0.15) is 5.10 Å². The molecule has 26 heavy (non-hydrogen) atoms. The first-order valence-electron chi connectivity index (χ1n) is 9.22. The van der Waals surface area contributed by atoms with Crippen LogP contribution in [0.15, 0.2) is 67.0 Å². The molecule has 5 heteroatoms. The number of rotatable bonds is 6. The summed E-state index contributed by atoms with van der Waals surface area (Å²) in [5, 5.41) is 15.0. The maximum atomic E-state index is 10.6. The molecule has 0 radical (unpaired) electrons. The van der Waals surface area contributed by atoms with Crippen molar-refractivity contribution in [3.63, 3.8) is 0 Å². The molecule has 0 bridgehead atoms. The fraction of sp³-hybridized carbons (Fsp3) is 0.333. The number of likely N-dealkylation sites (tertiary alicyclic amines) is 1. The van der Waals surface area contributed by atoms with Crippen molar-refractivity contribution >= 4 is 0 Å². The van der Waals surface area contributed by atoms with Gasteiger partial charge in [0.15, 0.2) is 0 Å². The Morgan fingerprint density at radius 3 is 2.54 bits per heavy atom. The van der Waals surface area contributed by atoms with Crippen LogP contribution in [0.5, 0.6) is 0 Å². The topological polar surface area (TPSA) is 54.2 Å². The van der Waals surface area contributed by atoms with Crippen molar-refractivity contribution in [1.29, 1.82) is 0 Å². The van der Waals surface area contributed by atoms with Gasteiger partial charge in [-0.15, -0.1) is 0 Å². The third kappa shape index (κ3) is 3.69. The molecule has 2 aromatic carbocycles. The molecule has 0 amide bonds. The summed E-state index contributed by atoms with van der Waals surface area (Å²) in [5.74, 6) is 0.942. The normalized spacial score (nSPS) is 18.9. The van der Waals surface area contributed by atoms with Crippen LogP contribution in [0.2, 0.25) is 0 Å². The summed E-state index contributed by atoms with van der Waals surface area (Å²) in [4.78, 5) is 6.90. The van der Waals surface area contributed by atoms with Gasteiger partial charge in [-0.1, -0.05) is 48.5 Å². The molecular formula is C21H24N4O. The number of aromatic nitrogens is 3. The molecule has 5 nitrogen and oxygen atoms in total. The number of para-hydroxylation sites is 1. The highest BCUT2D eigenvalue weighted by Gasteiger charge is 2.28. The van der Waals surface area contributed by atoms with E-state index >= 15 is 0 Å². The Morgan fingerprint density at radius 1 is 1.04 bits per heavy atom. The molecule has 3 aromatic rings. The van der Waals surface area contributed by atoms with Gasteiger partial charge in [0.05, 0.1) is 18.3 Å². The Bertz CT molecular complexity index is 818. The highest BCUT2D eigenvalue weighted by atomic mass is 16.3. The van der Waals surface area contributed by atoms with Crippen molar-refractivity contribution < 1.29 is 5.11 Å². The van der Waals surface area contributed by atoms with Gasteiger partial charge in [-0.05, 0) is 43.5 Å². The summed E-state index contributed by atoms with van der Waals surface area (Å²) >= 11 is 0. The number of hydrogen-bond donors (Lipinski definition) is 1. The maximum Gasteiger partial charge on any atom is 0.146 e. The fourth-order valence-corrected chi connectivity index (χ4v) is 3.78. The van der Waals surface area contributed by atoms with E-state index in [-0.39, 0.29) is 0 Å². The Hall–Kier alpha value is -2.50. The summed E-state index contributed by atoms with van der Waals surface area (Å²) < 4.78 is 1.91. The fourth-order valence-electron chi connectivity index (χ4n) is 3.78. The molecule has 1 aliphatic rings. The van der Waals surface area contributed by atoms with Crippen LogP contribution in [0.3, 0.4) is 0 Å². The lowest BCUT2D eigenvalue weighted by Crippen LogP contribution is -2.31. The monoisotopic (exact) mass is 348 g/mol. The SMILES string of the molecule is OC(CC1CCCN1Cc1ncnn1-c1ccccc1)c1ccccc1. The maximum absolute atomic E-state index is 10.6. The van der Waals surface area contributed by atoms with Crippen LogP contribution in [-0.4, -0.2) is 37.4 Å². The first-order chi connectivity index (χ1) is 12.8. The first kappa shape index (κ1) is 16.9. The molecule has 4 rings (SSSR count). The minimum absolute atomic E-state index is 0.367. The molecule has 1 aromatic heterocycles. The predicted molar refractivity (Wildman–Crippen MR) is 101 cm³/mol. The van der Waals surface area contributed by atoms with E-state index in [1.54, 1.807) is 6.33 Å². The van der Waals surface area contributed by atoms with Crippen LogP contribution in [-0.2, 0) is 6.54 Å². The van der Waals surface area contributed by atoms with Crippen molar-refractivity contribution in [2.75, 3.05) is 6.54 Å². The molecule has 1 fully saturated rings. The standard InChI is InChI=1S/C21H24N4O/c26-20(17-8-3-1-4-9-17)14-19-12-7-13-24(19)15-21-22-16-23-25(21)18-10-5-2-6-11-18/h1-6,8-11,16,19-20,26H,7,12-15H2. The van der Waals surface area contributed by atoms with Gasteiger partial charge >= 0.3 is 0 Å². The molecule has 134 valence electrons. The van der Waals surface area contributed by atoms with E-state index in [9.17, 15) is 5.11 Å². The molecule has 0 saturated carbocycles. The zero-order chi connectivity index (χ0) is 17.8. The van der Waals surface area contributed by atoms with Crippen LogP contribution in [0, 0.1) is 0 Å². The molecule has 0 spiro atoms. The lowest BCUT2D eigenvalue weighted by atomic mass is 10.0. The molecular weight excluding hydrogens is 324 g/mol. The van der Waals surface area contributed by atoms with Gasteiger partial charge in [0.1, 0.15) is 12.2 Å². The van der Waals surface area contributed by atoms with Crippen LogP contribution in [0.1, 0.15) is 36.8 Å². The molecule has 0 aliphatic carbocycles. The molecule has 2 heterocycles. The Morgan fingerprint density at radius 2 is 1.77 bits per heavy atom. The van der Waals surface area contributed by atoms with Crippen molar-refractivity contribution in [2.45, 2.75) is 38.0 Å². The predicted octanol–water partition coefficient (Wildman–Crippen LogP) is 3.36. The van der Waals surface area contributed by atoms with Gasteiger partial charge in [-0.25, -0.2) is 9.67 Å². The Labute approximate surface area is 153 Å². The largest absolute Gasteiger partial charge is 0.388 e. The van der Waals surface area contributed by atoms with Gasteiger partial charge < -0.3 is 5.11 Å². The molecule has 2 atom stereocenters. The second kappa shape index (κ2) is 7.81. The third-order valence-electron chi connectivity index (χ3n) is 5.14. The first-order valence-corrected chi connectivity index (χ1v) is 9.22. The van der Waals surface area contributed by atoms with Crippen molar-refractivity contribution in [3.8, 4) is 5.69 Å². The van der Waals surface area contributed by atoms with E-state index in [1.165, 1.54) is 0 Å². The molecule has 1 N–H and O–H groups in total. The Kier molecular flexibility index (Phi) is 5.09. The van der Waals surface area contributed by atoms with Gasteiger partial charge in [0, 0.05) is 6.04 Å². The number of benzene rings is 2. The summed E-state index contributed by atoms with van der Waals surface area (Å²) in [6, 6.07) is 20.4. The number of aliphatic hydroxyl groups is 1. The minimum atomic E-state index is -0.422. The summed E-state index contributed by atoms with van der Waals surface area (Å²) in [5.41, 5.74) is 2.02. The third-order valence-corrected chi connectivity index (χ3v) is 5.14. The van der Waals surface area contributed by atoms with Crippen LogP contribution in [0.4, 0.5) is 0 Å². The highest BCUT2D eigenvalue weighted by molar-refractivity contribution is 5.30. The average molecular weight is 348 g/mol. The van der Waals surface area contributed by atoms with Crippen molar-refractivity contribution in [2.24, 2.45) is 0 Å². The minimum Gasteiger partial charge on any atom is -0.388 e. The van der Waals surface area contributed by atoms with E-state index in [0.29, 0.717) is 6.04 Å². The number of aliphatic hydroxyl groups excluding tert-OH is 1. The van der Waals surface area contributed by atoms with E-state index in [4.69, 9.17) is 0 Å². The quantitative estimate of drug-likeness (QED) is 0.742. The van der Waals surface area contributed by atoms with Crippen LogP contribution >= 0.6 is 0 Å². The van der Waals surface area contributed by atoms with Crippen LogP contribution in [0.25, 0.3) is 5.69 Å². The lowest BCUT2D eigenvalue weighted by Gasteiger charge is -2.26. The zero-order valence-electron chi connectivity index (χ0n) is 14.8. The van der Waals surface area contributed by atoms with Gasteiger partial charge in [0.25, 0.3) is 0 Å². The van der Waals surface area contributed by atoms with Gasteiger partial charge in [0.2, 0.25) is 0 Å². The zero-order valence-corrected chi connectivity index (χ0v) is 14.8. The van der Waals surface area contributed by atoms with Crippen molar-refractivity contribution in [1.82, 2.24) is 19.7 Å². The van der Waals surface area contributed by atoms with Crippen molar-refractivity contribution in [3.05, 3.63) is 78.4 Å². The second-order valence-corrected chi connectivity index (χ2v) is 6.85. The average Bonchev–Trinajstić information content (AvgIpc) is 3.33. The molecule has 1 aliphatic heterocycles. The molecule has 1 saturated heterocycles. The summed E-state index contributed by atoms with van der Waals surface area (Å²) in [6.45, 7) is 1.79. The second-order valence-electron chi connectivity index (χ2n) is 6.85. The summed E-state index contributed by atoms with van der Waals surface area (Å²) in [7, 11) is 0. The van der Waals surface area contributed by atoms with Crippen LogP contribution < -0.4 is 0 Å². The van der Waals surface area contributed by atoms with E-state index in [2.05, 4.69) is 15.0 Å². The van der Waals surface area contributed by atoms with Gasteiger partial charge in [-0.3, -0.25) is 4.90 Å². The van der Waals surface area contributed by atoms with E-state index < -0.39 is 6.10 Å². The smallest absolute Gasteiger partial charge is 0.146 e. The lowest BCUT2D eigenvalue weighted by molar-refractivity contribution is 0.116. The highest BCUT2D eigenvalue weighted by Crippen LogP contribution is 2.28. The number of hydrogen-bond acceptors (Lipinski definition) is 4.